The van der Waals surface area contributed by atoms with E-state index in [1.165, 1.54) is 0 Å². The normalized spacial score (nSPS) is 14.8. The van der Waals surface area contributed by atoms with E-state index in [2.05, 4.69) is 20.6 Å². The van der Waals surface area contributed by atoms with E-state index in [-0.39, 0.29) is 6.04 Å². The lowest BCUT2D eigenvalue weighted by molar-refractivity contribution is 0.0991. The van der Waals surface area contributed by atoms with Crippen LogP contribution in [0.25, 0.3) is 0 Å². The molecule has 0 spiro atoms. The molecular weight excluding hydrogens is 454 g/mol. The van der Waals surface area contributed by atoms with Gasteiger partial charge in [-0.3, -0.25) is 9.59 Å². The van der Waals surface area contributed by atoms with Gasteiger partial charge in [0.25, 0.3) is 0 Å². The number of amides is 2. The smallest absolute Gasteiger partial charge is 0.248 e. The lowest BCUT2D eigenvalue weighted by atomic mass is 9.67. The Morgan fingerprint density at radius 3 is 1.94 bits per heavy atom. The van der Waals surface area contributed by atoms with Gasteiger partial charge in [0.1, 0.15) is 0 Å². The molecule has 0 bridgehead atoms. The van der Waals surface area contributed by atoms with E-state index in [4.69, 9.17) is 17.2 Å². The maximum Gasteiger partial charge on any atom is 0.248 e. The van der Waals surface area contributed by atoms with Crippen LogP contribution in [0.4, 0.5) is 0 Å². The summed E-state index contributed by atoms with van der Waals surface area (Å²) < 4.78 is 0. The second-order valence-corrected chi connectivity index (χ2v) is 9.33. The van der Waals surface area contributed by atoms with Crippen molar-refractivity contribution < 1.29 is 9.59 Å². The average molecular weight is 482 g/mol. The second-order valence-electron chi connectivity index (χ2n) is 9.33. The van der Waals surface area contributed by atoms with Crippen LogP contribution in [0.3, 0.4) is 0 Å². The fourth-order valence-corrected chi connectivity index (χ4v) is 5.31. The van der Waals surface area contributed by atoms with Crippen LogP contribution in [0.15, 0.2) is 60.7 Å². The number of nitrogens with zero attached hydrogens (tertiary/aromatic N) is 3. The predicted molar refractivity (Wildman–Crippen MR) is 134 cm³/mol. The number of fused-ring (bicyclic) bond motifs is 2. The lowest BCUT2D eigenvalue weighted by Gasteiger charge is -2.36. The zero-order valence-electron chi connectivity index (χ0n) is 19.9. The lowest BCUT2D eigenvalue weighted by Crippen LogP contribution is -2.36. The van der Waals surface area contributed by atoms with Gasteiger partial charge in [-0.1, -0.05) is 47.2 Å². The maximum atomic E-state index is 12.0. The Kier molecular flexibility index (Phi) is 5.85. The first-order chi connectivity index (χ1) is 17.3. The molecule has 0 saturated heterocycles. The van der Waals surface area contributed by atoms with E-state index in [0.717, 1.165) is 33.4 Å². The summed E-state index contributed by atoms with van der Waals surface area (Å²) in [5.41, 5.74) is 23.8. The molecule has 3 aromatic carbocycles. The van der Waals surface area contributed by atoms with Gasteiger partial charge in [-0.2, -0.15) is 5.21 Å². The van der Waals surface area contributed by atoms with Crippen molar-refractivity contribution in [1.82, 2.24) is 20.6 Å². The summed E-state index contributed by atoms with van der Waals surface area (Å²) in [5, 5.41) is 15.4. The minimum absolute atomic E-state index is 0.380. The van der Waals surface area contributed by atoms with Crippen molar-refractivity contribution >= 4 is 11.8 Å². The van der Waals surface area contributed by atoms with Gasteiger partial charge in [-0.15, -0.1) is 10.2 Å². The highest BCUT2D eigenvalue weighted by Crippen LogP contribution is 2.48. The number of aryl methyl sites for hydroxylation is 3. The number of rotatable bonds is 6. The molecule has 0 unspecified atom stereocenters. The van der Waals surface area contributed by atoms with E-state index in [0.29, 0.717) is 36.2 Å². The largest absolute Gasteiger partial charge is 0.366 e. The number of carbonyl (C=O) groups excluding carboxylic acids is 2. The van der Waals surface area contributed by atoms with Crippen LogP contribution < -0.4 is 17.2 Å². The molecule has 2 amide bonds. The van der Waals surface area contributed by atoms with Crippen molar-refractivity contribution in [2.75, 3.05) is 0 Å². The summed E-state index contributed by atoms with van der Waals surface area (Å²) in [6, 6.07) is 18.6. The Balaban J connectivity index is 1.79. The van der Waals surface area contributed by atoms with Crippen LogP contribution in [0.5, 0.6) is 0 Å². The number of tetrazole rings is 1. The van der Waals surface area contributed by atoms with Crippen LogP contribution in [-0.4, -0.2) is 32.4 Å². The molecule has 0 aliphatic heterocycles. The molecule has 4 aromatic rings. The van der Waals surface area contributed by atoms with Gasteiger partial charge in [-0.05, 0) is 78.3 Å². The Hall–Kier alpha value is -4.37. The monoisotopic (exact) mass is 481 g/mol. The summed E-state index contributed by atoms with van der Waals surface area (Å²) in [7, 11) is 0. The van der Waals surface area contributed by atoms with Gasteiger partial charge in [0.2, 0.25) is 11.8 Å². The first-order valence-corrected chi connectivity index (χ1v) is 11.7. The SMILES string of the molecule is Cc1ccc([C@@H](N)CC2(c3nn[nH]n3)c3ccc(C(N)=O)cc3CCc3cc(C(N)=O)ccc32)cc1. The molecule has 0 saturated carbocycles. The van der Waals surface area contributed by atoms with Crippen molar-refractivity contribution in [2.24, 2.45) is 17.2 Å². The van der Waals surface area contributed by atoms with Gasteiger partial charge in [0.15, 0.2) is 5.82 Å². The Morgan fingerprint density at radius 1 is 0.917 bits per heavy atom. The maximum absolute atomic E-state index is 12.0. The number of benzene rings is 3. The van der Waals surface area contributed by atoms with Crippen molar-refractivity contribution in [3.63, 3.8) is 0 Å². The average Bonchev–Trinajstić information content (AvgIpc) is 3.37. The third-order valence-corrected chi connectivity index (χ3v) is 7.12. The number of nitrogens with one attached hydrogen (secondary N) is 1. The van der Waals surface area contributed by atoms with Crippen LogP contribution in [0, 0.1) is 6.92 Å². The van der Waals surface area contributed by atoms with Gasteiger partial charge in [-0.25, -0.2) is 0 Å². The van der Waals surface area contributed by atoms with Gasteiger partial charge in [0.05, 0.1) is 5.41 Å². The van der Waals surface area contributed by atoms with Crippen LogP contribution in [0.2, 0.25) is 0 Å². The van der Waals surface area contributed by atoms with Crippen molar-refractivity contribution in [1.29, 1.82) is 0 Å². The summed E-state index contributed by atoms with van der Waals surface area (Å²) in [5.74, 6) is -0.553. The number of aromatic amines is 1. The molecule has 182 valence electrons. The Labute approximate surface area is 208 Å². The van der Waals surface area contributed by atoms with Crippen molar-refractivity contribution in [3.05, 3.63) is 111 Å². The standard InChI is InChI=1S/C27H27N7O2/c1-15-2-4-16(5-3-15)23(28)14-27(26-31-33-34-32-26)21-10-8-19(24(29)35)12-17(21)6-7-18-13-20(25(30)36)9-11-22(18)27/h2-5,8-13,23H,6-7,14,28H2,1H3,(H2,29,35)(H2,30,36)(H,31,32,33,34)/t23-/m0/s1. The van der Waals surface area contributed by atoms with E-state index in [1.807, 2.05) is 55.5 Å². The zero-order chi connectivity index (χ0) is 25.4. The highest BCUT2D eigenvalue weighted by Gasteiger charge is 2.46. The topological polar surface area (TPSA) is 167 Å². The van der Waals surface area contributed by atoms with Crippen LogP contribution >= 0.6 is 0 Å². The summed E-state index contributed by atoms with van der Waals surface area (Å²) in [4.78, 5) is 24.0. The molecule has 5 rings (SSSR count). The highest BCUT2D eigenvalue weighted by molar-refractivity contribution is 5.94. The number of H-pyrrole nitrogens is 1. The predicted octanol–water partition coefficient (Wildman–Crippen LogP) is 2.23. The molecule has 36 heavy (non-hydrogen) atoms. The number of primary amides is 2. The van der Waals surface area contributed by atoms with Gasteiger partial charge >= 0.3 is 0 Å². The molecule has 0 fully saturated rings. The number of carbonyl (C=O) groups is 2. The molecule has 9 nitrogen and oxygen atoms in total. The third-order valence-electron chi connectivity index (χ3n) is 7.12. The quantitative estimate of drug-likeness (QED) is 0.329. The molecule has 7 N–H and O–H groups in total. The molecule has 1 heterocycles. The summed E-state index contributed by atoms with van der Waals surface area (Å²) in [6.07, 6.45) is 1.65. The fraction of sp³-hybridized carbons (Fsp3) is 0.222. The highest BCUT2D eigenvalue weighted by atomic mass is 16.1. The number of aromatic nitrogens is 4. The molecular formula is C27H27N7O2. The van der Waals surface area contributed by atoms with Crippen molar-refractivity contribution in [3.8, 4) is 0 Å². The first-order valence-electron chi connectivity index (χ1n) is 11.7. The summed E-state index contributed by atoms with van der Waals surface area (Å²) in [6.45, 7) is 2.03. The summed E-state index contributed by atoms with van der Waals surface area (Å²) >= 11 is 0. The minimum Gasteiger partial charge on any atom is -0.366 e. The molecule has 0 radical (unpaired) electrons. The number of hydrogen-bond acceptors (Lipinski definition) is 6. The molecule has 1 aromatic heterocycles. The zero-order valence-corrected chi connectivity index (χ0v) is 19.9. The van der Waals surface area contributed by atoms with Crippen molar-refractivity contribution in [2.45, 2.75) is 37.6 Å². The van der Waals surface area contributed by atoms with Gasteiger partial charge < -0.3 is 17.2 Å². The molecule has 1 aliphatic rings. The number of nitrogens with two attached hydrogens (primary N) is 3. The van der Waals surface area contributed by atoms with E-state index in [1.54, 1.807) is 12.1 Å². The fourth-order valence-electron chi connectivity index (χ4n) is 5.31. The number of hydrogen-bond donors (Lipinski definition) is 4. The van der Waals surface area contributed by atoms with Crippen LogP contribution in [0.1, 0.15) is 72.4 Å². The van der Waals surface area contributed by atoms with E-state index >= 15 is 0 Å². The molecule has 1 atom stereocenters. The Morgan fingerprint density at radius 2 is 1.47 bits per heavy atom. The third kappa shape index (κ3) is 3.93. The van der Waals surface area contributed by atoms with E-state index in [9.17, 15) is 9.59 Å². The van der Waals surface area contributed by atoms with E-state index < -0.39 is 17.2 Å². The minimum atomic E-state index is -0.912. The second kappa shape index (κ2) is 9.01. The van der Waals surface area contributed by atoms with Gasteiger partial charge in [0, 0.05) is 17.2 Å². The first kappa shape index (κ1) is 23.4. The molecule has 9 heteroatoms. The Bertz CT molecular complexity index is 1380. The van der Waals surface area contributed by atoms with Crippen LogP contribution in [-0.2, 0) is 18.3 Å². The molecule has 1 aliphatic carbocycles.